The van der Waals surface area contributed by atoms with Crippen molar-refractivity contribution < 1.29 is 22.7 Å². The molecule has 1 aromatic rings. The predicted octanol–water partition coefficient (Wildman–Crippen LogP) is 3.71. The highest BCUT2D eigenvalue weighted by Gasteiger charge is 2.34. The fraction of sp³-hybridized carbons (Fsp3) is 0.500. The molecule has 0 bridgehead atoms. The molecule has 0 atom stereocenters. The number of nitrogens with zero attached hydrogens (tertiary/aromatic N) is 2. The Hall–Kier alpha value is -2.25. The normalized spacial score (nSPS) is 15.9. The van der Waals surface area contributed by atoms with Gasteiger partial charge >= 0.3 is 12.3 Å². The highest BCUT2D eigenvalue weighted by Crippen LogP contribution is 2.35. The van der Waals surface area contributed by atoms with Crippen LogP contribution in [0.4, 0.5) is 23.8 Å². The summed E-state index contributed by atoms with van der Waals surface area (Å²) >= 11 is 0. The molecule has 1 amide bonds. The number of hydrogen-bond acceptors (Lipinski definition) is 4. The molecule has 0 aromatic carbocycles. The lowest BCUT2D eigenvalue weighted by Crippen LogP contribution is -2.39. The summed E-state index contributed by atoms with van der Waals surface area (Å²) in [5.41, 5.74) is 4.83. The number of alkyl halides is 3. The van der Waals surface area contributed by atoms with Gasteiger partial charge in [0.05, 0.1) is 5.56 Å². The molecule has 1 aliphatic heterocycles. The van der Waals surface area contributed by atoms with Gasteiger partial charge in [-0.05, 0) is 44.4 Å². The lowest BCUT2D eigenvalue weighted by atomic mass is 9.99. The van der Waals surface area contributed by atoms with E-state index in [1.807, 2.05) is 0 Å². The molecule has 0 fully saturated rings. The molecule has 8 heteroatoms. The molecule has 0 saturated heterocycles. The number of ether oxygens (including phenoxy) is 1. The summed E-state index contributed by atoms with van der Waals surface area (Å²) < 4.78 is 44.0. The number of anilines is 1. The van der Waals surface area contributed by atoms with E-state index >= 15 is 0 Å². The molecule has 0 unspecified atom stereocenters. The Morgan fingerprint density at radius 2 is 2.00 bits per heavy atom. The fourth-order valence-corrected chi connectivity index (χ4v) is 2.30. The lowest BCUT2D eigenvalue weighted by Gasteiger charge is -2.29. The zero-order valence-electron chi connectivity index (χ0n) is 13.8. The van der Waals surface area contributed by atoms with Crippen LogP contribution in [0.2, 0.25) is 0 Å². The number of carbonyl (C=O) groups excluding carboxylic acids is 1. The Labute approximate surface area is 138 Å². The largest absolute Gasteiger partial charge is 0.444 e. The van der Waals surface area contributed by atoms with Crippen LogP contribution in [-0.4, -0.2) is 34.7 Å². The van der Waals surface area contributed by atoms with Crippen molar-refractivity contribution in [1.29, 1.82) is 0 Å². The Kier molecular flexibility index (Phi) is 4.77. The molecule has 1 aromatic heterocycles. The van der Waals surface area contributed by atoms with Crippen LogP contribution in [0.15, 0.2) is 18.3 Å². The van der Waals surface area contributed by atoms with E-state index in [4.69, 9.17) is 10.5 Å². The molecule has 0 saturated carbocycles. The zero-order chi connectivity index (χ0) is 18.1. The van der Waals surface area contributed by atoms with Crippen molar-refractivity contribution in [3.63, 3.8) is 0 Å². The molecule has 5 nitrogen and oxygen atoms in total. The van der Waals surface area contributed by atoms with E-state index in [1.165, 1.54) is 11.1 Å². The Morgan fingerprint density at radius 3 is 2.50 bits per heavy atom. The lowest BCUT2D eigenvalue weighted by molar-refractivity contribution is -0.137. The Balaban J connectivity index is 2.15. The van der Waals surface area contributed by atoms with Crippen LogP contribution < -0.4 is 5.73 Å². The minimum Gasteiger partial charge on any atom is -0.444 e. The summed E-state index contributed by atoms with van der Waals surface area (Å²) in [4.78, 5) is 17.1. The number of nitrogens with two attached hydrogens (primary N) is 1. The van der Waals surface area contributed by atoms with E-state index in [9.17, 15) is 18.0 Å². The van der Waals surface area contributed by atoms with Gasteiger partial charge in [-0.1, -0.05) is 6.08 Å². The zero-order valence-corrected chi connectivity index (χ0v) is 13.8. The number of nitrogen functional groups attached to an aromatic ring is 1. The maximum absolute atomic E-state index is 12.9. The van der Waals surface area contributed by atoms with E-state index in [1.54, 1.807) is 26.8 Å². The average molecular weight is 343 g/mol. The highest BCUT2D eigenvalue weighted by atomic mass is 19.4. The number of rotatable bonds is 1. The summed E-state index contributed by atoms with van der Waals surface area (Å²) in [5.74, 6) is -0.543. The number of halogens is 3. The van der Waals surface area contributed by atoms with Crippen molar-refractivity contribution in [2.45, 2.75) is 39.0 Å². The van der Waals surface area contributed by atoms with Crippen molar-refractivity contribution in [3.8, 4) is 0 Å². The standard InChI is InChI=1S/C16H20F3N3O2/c1-15(2,3)24-14(23)22-6-4-10(5-7-22)11-8-12(16(17,18)19)13(20)21-9-11/h4,8-9H,5-7H2,1-3H3,(H2,20,21). The van der Waals surface area contributed by atoms with Gasteiger partial charge in [-0.2, -0.15) is 13.2 Å². The van der Waals surface area contributed by atoms with Gasteiger partial charge in [-0.3, -0.25) is 0 Å². The molecule has 1 aliphatic rings. The van der Waals surface area contributed by atoms with Gasteiger partial charge in [0.2, 0.25) is 0 Å². The first kappa shape index (κ1) is 18.1. The SMILES string of the molecule is CC(C)(C)OC(=O)N1CC=C(c2cnc(N)c(C(F)(F)F)c2)CC1. The van der Waals surface area contributed by atoms with Gasteiger partial charge in [-0.15, -0.1) is 0 Å². The van der Waals surface area contributed by atoms with Gasteiger partial charge in [0, 0.05) is 19.3 Å². The van der Waals surface area contributed by atoms with Gasteiger partial charge in [0.15, 0.2) is 0 Å². The first-order valence-electron chi connectivity index (χ1n) is 7.47. The van der Waals surface area contributed by atoms with Gasteiger partial charge in [0.1, 0.15) is 11.4 Å². The number of hydrogen-bond donors (Lipinski definition) is 1. The fourth-order valence-electron chi connectivity index (χ4n) is 2.30. The number of pyridine rings is 1. The van der Waals surface area contributed by atoms with E-state index in [2.05, 4.69) is 4.98 Å². The molecule has 0 radical (unpaired) electrons. The second-order valence-corrected chi connectivity index (χ2v) is 6.56. The minimum absolute atomic E-state index is 0.274. The summed E-state index contributed by atoms with van der Waals surface area (Å²) in [6.07, 6.45) is -1.54. The first-order chi connectivity index (χ1) is 11.0. The molecule has 0 spiro atoms. The second kappa shape index (κ2) is 6.33. The number of carbonyl (C=O) groups is 1. The Bertz CT molecular complexity index is 664. The second-order valence-electron chi connectivity index (χ2n) is 6.56. The van der Waals surface area contributed by atoms with Crippen molar-refractivity contribution in [2.75, 3.05) is 18.8 Å². The summed E-state index contributed by atoms with van der Waals surface area (Å²) in [7, 11) is 0. The predicted molar refractivity (Wildman–Crippen MR) is 84.1 cm³/mol. The first-order valence-corrected chi connectivity index (χ1v) is 7.47. The van der Waals surface area contributed by atoms with E-state index in [0.717, 1.165) is 6.07 Å². The molecule has 2 N–H and O–H groups in total. The maximum atomic E-state index is 12.9. The summed E-state index contributed by atoms with van der Waals surface area (Å²) in [6.45, 7) is 5.96. The van der Waals surface area contributed by atoms with E-state index in [0.29, 0.717) is 24.1 Å². The van der Waals surface area contributed by atoms with Crippen LogP contribution in [0.1, 0.15) is 38.3 Å². The molecule has 0 aliphatic carbocycles. The maximum Gasteiger partial charge on any atom is 0.419 e. The smallest absolute Gasteiger partial charge is 0.419 e. The molecule has 2 rings (SSSR count). The van der Waals surface area contributed by atoms with Crippen LogP contribution in [-0.2, 0) is 10.9 Å². The molecular formula is C16H20F3N3O2. The van der Waals surface area contributed by atoms with Crippen LogP contribution in [0.5, 0.6) is 0 Å². The third-order valence-electron chi connectivity index (χ3n) is 3.46. The molecule has 132 valence electrons. The van der Waals surface area contributed by atoms with E-state index in [-0.39, 0.29) is 6.54 Å². The summed E-state index contributed by atoms with van der Waals surface area (Å²) in [6, 6.07) is 0.997. The van der Waals surface area contributed by atoms with Crippen molar-refractivity contribution in [2.24, 2.45) is 0 Å². The van der Waals surface area contributed by atoms with Crippen LogP contribution in [0.3, 0.4) is 0 Å². The summed E-state index contributed by atoms with van der Waals surface area (Å²) in [5, 5.41) is 0. The van der Waals surface area contributed by atoms with Crippen molar-refractivity contribution >= 4 is 17.5 Å². The Morgan fingerprint density at radius 1 is 1.33 bits per heavy atom. The number of amides is 1. The third-order valence-corrected chi connectivity index (χ3v) is 3.46. The molecule has 2 heterocycles. The van der Waals surface area contributed by atoms with Gasteiger partial charge in [0.25, 0.3) is 0 Å². The molecule has 24 heavy (non-hydrogen) atoms. The van der Waals surface area contributed by atoms with E-state index < -0.39 is 29.3 Å². The molecular weight excluding hydrogens is 323 g/mol. The highest BCUT2D eigenvalue weighted by molar-refractivity contribution is 5.73. The topological polar surface area (TPSA) is 68.5 Å². The number of aromatic nitrogens is 1. The monoisotopic (exact) mass is 343 g/mol. The van der Waals surface area contributed by atoms with Gasteiger partial charge in [-0.25, -0.2) is 9.78 Å². The van der Waals surface area contributed by atoms with Crippen molar-refractivity contribution in [3.05, 3.63) is 29.5 Å². The van der Waals surface area contributed by atoms with Crippen LogP contribution in [0.25, 0.3) is 5.57 Å². The van der Waals surface area contributed by atoms with Crippen molar-refractivity contribution in [1.82, 2.24) is 9.88 Å². The third kappa shape index (κ3) is 4.39. The quantitative estimate of drug-likeness (QED) is 0.844. The minimum atomic E-state index is -4.55. The van der Waals surface area contributed by atoms with Gasteiger partial charge < -0.3 is 15.4 Å². The van der Waals surface area contributed by atoms with Crippen LogP contribution >= 0.6 is 0 Å². The average Bonchev–Trinajstić information content (AvgIpc) is 2.45. The van der Waals surface area contributed by atoms with Crippen LogP contribution in [0, 0.1) is 0 Å².